The van der Waals surface area contributed by atoms with Crippen molar-refractivity contribution in [3.05, 3.63) is 12.2 Å². The Morgan fingerprint density at radius 2 is 2.33 bits per heavy atom. The van der Waals surface area contributed by atoms with Gasteiger partial charge in [-0.05, 0) is 5.92 Å². The Balaban J connectivity index is 2.36. The average Bonchev–Trinajstić information content (AvgIpc) is 2.01. The van der Waals surface area contributed by atoms with Crippen LogP contribution in [0.25, 0.3) is 0 Å². The van der Waals surface area contributed by atoms with Gasteiger partial charge in [0.25, 0.3) is 0 Å². The molecule has 1 fully saturated rings. The smallest absolute Gasteiger partial charge is 0.135 e. The molecule has 1 saturated heterocycles. The van der Waals surface area contributed by atoms with Gasteiger partial charge in [0.15, 0.2) is 0 Å². The molecule has 0 aliphatic carbocycles. The van der Waals surface area contributed by atoms with E-state index in [1.807, 2.05) is 11.8 Å². The summed E-state index contributed by atoms with van der Waals surface area (Å²) in [6.07, 6.45) is 5.90. The quantitative estimate of drug-likeness (QED) is 0.614. The molecule has 0 bridgehead atoms. The van der Waals surface area contributed by atoms with Crippen LogP contribution in [0.15, 0.2) is 12.2 Å². The largest absolute Gasteiger partial charge is 0.300 e. The van der Waals surface area contributed by atoms with Crippen molar-refractivity contribution in [3.8, 4) is 0 Å². The van der Waals surface area contributed by atoms with E-state index in [4.69, 9.17) is 0 Å². The van der Waals surface area contributed by atoms with Gasteiger partial charge in [-0.1, -0.05) is 26.0 Å². The lowest BCUT2D eigenvalue weighted by Crippen LogP contribution is -2.15. The fourth-order valence-electron chi connectivity index (χ4n) is 1.18. The third-order valence-electron chi connectivity index (χ3n) is 1.85. The molecule has 1 unspecified atom stereocenters. The molecule has 0 aromatic rings. The highest BCUT2D eigenvalue weighted by molar-refractivity contribution is 8.00. The molecule has 0 spiro atoms. The second kappa shape index (κ2) is 4.70. The van der Waals surface area contributed by atoms with Crippen molar-refractivity contribution in [1.29, 1.82) is 0 Å². The summed E-state index contributed by atoms with van der Waals surface area (Å²) in [7, 11) is 0. The molecule has 1 aliphatic heterocycles. The van der Waals surface area contributed by atoms with E-state index in [1.54, 1.807) is 0 Å². The van der Waals surface area contributed by atoms with Crippen LogP contribution in [0.5, 0.6) is 0 Å². The summed E-state index contributed by atoms with van der Waals surface area (Å²) in [5.74, 6) is 2.03. The van der Waals surface area contributed by atoms with Crippen LogP contribution in [0, 0.1) is 5.92 Å². The van der Waals surface area contributed by atoms with Crippen LogP contribution in [0.3, 0.4) is 0 Å². The average molecular weight is 184 g/mol. The fourth-order valence-corrected chi connectivity index (χ4v) is 2.33. The van der Waals surface area contributed by atoms with Gasteiger partial charge in [-0.15, -0.1) is 0 Å². The van der Waals surface area contributed by atoms with Crippen molar-refractivity contribution in [2.45, 2.75) is 31.9 Å². The second-order valence-corrected chi connectivity index (χ2v) is 4.88. The van der Waals surface area contributed by atoms with Crippen LogP contribution in [0.1, 0.15) is 26.7 Å². The molecule has 1 heterocycles. The third kappa shape index (κ3) is 3.44. The zero-order chi connectivity index (χ0) is 8.97. The van der Waals surface area contributed by atoms with E-state index < -0.39 is 0 Å². The lowest BCUT2D eigenvalue weighted by Gasteiger charge is -2.16. The standard InChI is InChI=1S/C10H16OS/c1-8(2)3-4-10-7-9(11)5-6-12-10/h3-4,8,10H,5-7H2,1-2H3. The van der Waals surface area contributed by atoms with Gasteiger partial charge in [0.1, 0.15) is 5.78 Å². The summed E-state index contributed by atoms with van der Waals surface area (Å²) in [5.41, 5.74) is 0. The first-order chi connectivity index (χ1) is 5.68. The Labute approximate surface area is 78.6 Å². The molecule has 68 valence electrons. The number of ketones is 1. The van der Waals surface area contributed by atoms with Crippen LogP contribution in [-0.2, 0) is 4.79 Å². The summed E-state index contributed by atoms with van der Waals surface area (Å²) >= 11 is 1.90. The highest BCUT2D eigenvalue weighted by Crippen LogP contribution is 2.24. The summed E-state index contributed by atoms with van der Waals surface area (Å²) < 4.78 is 0. The van der Waals surface area contributed by atoms with Gasteiger partial charge in [-0.2, -0.15) is 11.8 Å². The molecule has 1 aliphatic rings. The van der Waals surface area contributed by atoms with Gasteiger partial charge in [-0.3, -0.25) is 4.79 Å². The molecule has 0 amide bonds. The Morgan fingerprint density at radius 1 is 1.58 bits per heavy atom. The number of allylic oxidation sites excluding steroid dienone is 1. The predicted octanol–water partition coefficient (Wildman–Crippen LogP) is 2.66. The van der Waals surface area contributed by atoms with E-state index in [1.165, 1.54) is 0 Å². The summed E-state index contributed by atoms with van der Waals surface area (Å²) in [6, 6.07) is 0. The van der Waals surface area contributed by atoms with Crippen LogP contribution >= 0.6 is 11.8 Å². The fraction of sp³-hybridized carbons (Fsp3) is 0.700. The Bertz CT molecular complexity index is 184. The molecule has 1 atom stereocenters. The van der Waals surface area contributed by atoms with Crippen LogP contribution < -0.4 is 0 Å². The number of thioether (sulfide) groups is 1. The van der Waals surface area contributed by atoms with Gasteiger partial charge in [0.2, 0.25) is 0 Å². The highest BCUT2D eigenvalue weighted by Gasteiger charge is 2.16. The van der Waals surface area contributed by atoms with Crippen molar-refractivity contribution >= 4 is 17.5 Å². The first-order valence-electron chi connectivity index (χ1n) is 4.50. The van der Waals surface area contributed by atoms with Crippen molar-refractivity contribution < 1.29 is 4.79 Å². The SMILES string of the molecule is CC(C)C=CC1CC(=O)CCS1. The van der Waals surface area contributed by atoms with E-state index in [9.17, 15) is 4.79 Å². The number of hydrogen-bond donors (Lipinski definition) is 0. The molecule has 0 N–H and O–H groups in total. The van der Waals surface area contributed by atoms with E-state index >= 15 is 0 Å². The molecular formula is C10H16OS. The number of Topliss-reactive ketones (excluding diaryl/α,β-unsaturated/α-hetero) is 1. The predicted molar refractivity (Wildman–Crippen MR) is 54.5 cm³/mol. The Kier molecular flexibility index (Phi) is 3.86. The molecular weight excluding hydrogens is 168 g/mol. The lowest BCUT2D eigenvalue weighted by molar-refractivity contribution is -0.118. The number of carbonyl (C=O) groups excluding carboxylic acids is 1. The first kappa shape index (κ1) is 9.85. The zero-order valence-electron chi connectivity index (χ0n) is 7.75. The number of hydrogen-bond acceptors (Lipinski definition) is 2. The minimum absolute atomic E-state index is 0.423. The maximum Gasteiger partial charge on any atom is 0.135 e. The molecule has 12 heavy (non-hydrogen) atoms. The minimum atomic E-state index is 0.423. The Morgan fingerprint density at radius 3 is 2.92 bits per heavy atom. The van der Waals surface area contributed by atoms with Gasteiger partial charge in [-0.25, -0.2) is 0 Å². The summed E-state index contributed by atoms with van der Waals surface area (Å²) in [5, 5.41) is 0.452. The first-order valence-corrected chi connectivity index (χ1v) is 5.55. The molecule has 2 heteroatoms. The minimum Gasteiger partial charge on any atom is -0.300 e. The van der Waals surface area contributed by atoms with Crippen molar-refractivity contribution in [3.63, 3.8) is 0 Å². The maximum atomic E-state index is 11.1. The zero-order valence-corrected chi connectivity index (χ0v) is 8.56. The monoisotopic (exact) mass is 184 g/mol. The third-order valence-corrected chi connectivity index (χ3v) is 3.04. The van der Waals surface area contributed by atoms with Gasteiger partial charge >= 0.3 is 0 Å². The molecule has 0 radical (unpaired) electrons. The second-order valence-electron chi connectivity index (χ2n) is 3.53. The van der Waals surface area contributed by atoms with Crippen molar-refractivity contribution in [2.24, 2.45) is 5.92 Å². The van der Waals surface area contributed by atoms with E-state index in [2.05, 4.69) is 26.0 Å². The summed E-state index contributed by atoms with van der Waals surface area (Å²) in [4.78, 5) is 11.1. The van der Waals surface area contributed by atoms with Crippen LogP contribution in [0.4, 0.5) is 0 Å². The molecule has 0 saturated carbocycles. The van der Waals surface area contributed by atoms with Crippen LogP contribution in [-0.4, -0.2) is 16.8 Å². The van der Waals surface area contributed by atoms with Crippen molar-refractivity contribution in [1.82, 2.24) is 0 Å². The number of rotatable bonds is 2. The Hall–Kier alpha value is -0.240. The van der Waals surface area contributed by atoms with Crippen molar-refractivity contribution in [2.75, 3.05) is 5.75 Å². The van der Waals surface area contributed by atoms with Gasteiger partial charge < -0.3 is 0 Å². The number of carbonyl (C=O) groups is 1. The maximum absolute atomic E-state index is 11.1. The topological polar surface area (TPSA) is 17.1 Å². The van der Waals surface area contributed by atoms with Crippen LogP contribution in [0.2, 0.25) is 0 Å². The molecule has 0 aromatic carbocycles. The van der Waals surface area contributed by atoms with Gasteiger partial charge in [0, 0.05) is 23.8 Å². The van der Waals surface area contributed by atoms with E-state index in [0.717, 1.165) is 18.6 Å². The molecule has 1 rings (SSSR count). The highest BCUT2D eigenvalue weighted by atomic mass is 32.2. The van der Waals surface area contributed by atoms with E-state index in [-0.39, 0.29) is 0 Å². The van der Waals surface area contributed by atoms with E-state index in [0.29, 0.717) is 17.0 Å². The van der Waals surface area contributed by atoms with Gasteiger partial charge in [0.05, 0.1) is 0 Å². The normalized spacial score (nSPS) is 25.6. The molecule has 1 nitrogen and oxygen atoms in total. The summed E-state index contributed by atoms with van der Waals surface area (Å²) in [6.45, 7) is 4.32. The lowest BCUT2D eigenvalue weighted by atomic mass is 10.1. The molecule has 0 aromatic heterocycles.